The topological polar surface area (TPSA) is 104 Å². The van der Waals surface area contributed by atoms with E-state index in [1.165, 1.54) is 11.1 Å². The van der Waals surface area contributed by atoms with Crippen LogP contribution in [0.3, 0.4) is 0 Å². The van der Waals surface area contributed by atoms with E-state index in [1.807, 2.05) is 24.1 Å². The standard InChI is InChI=1S/C19H26N4O.C12H17NO/c1-4-23(2)18(20)7-5-6-14-8-10-15(11-9-14)16-12-13-17(24-3)19(21)22-16;1-12(2,3)11-6-4-10(5-7-11)8-13-9-14/h8-13,20H,4-7H2,1-3H3,(H2,21,22);4-7,9H,8H2,1-3H3,(H,13,14). The summed E-state index contributed by atoms with van der Waals surface area (Å²) < 4.78 is 5.14. The molecule has 204 valence electrons. The molecule has 0 fully saturated rings. The summed E-state index contributed by atoms with van der Waals surface area (Å²) in [6, 6.07) is 20.4. The van der Waals surface area contributed by atoms with Crippen LogP contribution in [-0.4, -0.2) is 42.8 Å². The van der Waals surface area contributed by atoms with Gasteiger partial charge in [-0.25, -0.2) is 4.98 Å². The Morgan fingerprint density at radius 3 is 2.21 bits per heavy atom. The molecule has 1 heterocycles. The van der Waals surface area contributed by atoms with Crippen LogP contribution in [0.5, 0.6) is 5.75 Å². The molecule has 0 aliphatic heterocycles. The first kappa shape index (κ1) is 30.4. The van der Waals surface area contributed by atoms with Crippen molar-refractivity contribution in [1.29, 1.82) is 5.41 Å². The number of nitrogen functional groups attached to an aromatic ring is 1. The van der Waals surface area contributed by atoms with Gasteiger partial charge in [0.2, 0.25) is 6.41 Å². The average molecular weight is 518 g/mol. The largest absolute Gasteiger partial charge is 0.493 e. The van der Waals surface area contributed by atoms with Crippen LogP contribution in [0.1, 0.15) is 57.2 Å². The number of nitrogens with two attached hydrogens (primary N) is 1. The Morgan fingerprint density at radius 2 is 1.68 bits per heavy atom. The second-order valence-electron chi connectivity index (χ2n) is 10.2. The molecule has 3 rings (SSSR count). The fourth-order valence-corrected chi connectivity index (χ4v) is 3.76. The van der Waals surface area contributed by atoms with Gasteiger partial charge in [0.1, 0.15) is 0 Å². The lowest BCUT2D eigenvalue weighted by atomic mass is 9.87. The molecule has 0 aliphatic rings. The molecule has 0 aliphatic carbocycles. The normalized spacial score (nSPS) is 10.7. The van der Waals surface area contributed by atoms with Crippen LogP contribution in [0, 0.1) is 5.41 Å². The lowest BCUT2D eigenvalue weighted by Crippen LogP contribution is -2.25. The molecule has 38 heavy (non-hydrogen) atoms. The number of amidine groups is 1. The first-order valence-electron chi connectivity index (χ1n) is 13.0. The molecule has 3 aromatic rings. The van der Waals surface area contributed by atoms with Crippen LogP contribution in [0.15, 0.2) is 60.7 Å². The van der Waals surface area contributed by atoms with Gasteiger partial charge in [0.05, 0.1) is 18.6 Å². The number of aryl methyl sites for hydroxylation is 1. The molecule has 0 atom stereocenters. The quantitative estimate of drug-likeness (QED) is 0.179. The van der Waals surface area contributed by atoms with E-state index >= 15 is 0 Å². The van der Waals surface area contributed by atoms with Gasteiger partial charge in [0, 0.05) is 32.1 Å². The summed E-state index contributed by atoms with van der Waals surface area (Å²) in [5.74, 6) is 1.69. The molecule has 7 nitrogen and oxygen atoms in total. The number of nitrogens with one attached hydrogen (secondary N) is 2. The molecule has 4 N–H and O–H groups in total. The minimum atomic E-state index is 0.191. The molecular weight excluding hydrogens is 474 g/mol. The van der Waals surface area contributed by atoms with E-state index in [9.17, 15) is 4.79 Å². The molecule has 0 bridgehead atoms. The maximum atomic E-state index is 10.1. The van der Waals surface area contributed by atoms with Gasteiger partial charge < -0.3 is 20.7 Å². The summed E-state index contributed by atoms with van der Waals surface area (Å²) in [7, 11) is 3.55. The minimum absolute atomic E-state index is 0.191. The summed E-state index contributed by atoms with van der Waals surface area (Å²) >= 11 is 0. The fraction of sp³-hybridized carbons (Fsp3) is 0.387. The highest BCUT2D eigenvalue weighted by Gasteiger charge is 2.12. The number of carbonyl (C=O) groups is 1. The Balaban J connectivity index is 0.000000308. The number of rotatable bonds is 10. The molecule has 0 saturated heterocycles. The number of amides is 1. The minimum Gasteiger partial charge on any atom is -0.493 e. The van der Waals surface area contributed by atoms with Gasteiger partial charge in [-0.05, 0) is 54.0 Å². The molecule has 0 radical (unpaired) electrons. The van der Waals surface area contributed by atoms with E-state index in [-0.39, 0.29) is 5.41 Å². The predicted molar refractivity (Wildman–Crippen MR) is 158 cm³/mol. The van der Waals surface area contributed by atoms with Crippen LogP contribution in [-0.2, 0) is 23.2 Å². The van der Waals surface area contributed by atoms with Gasteiger partial charge in [0.15, 0.2) is 11.6 Å². The first-order chi connectivity index (χ1) is 18.1. The Kier molecular flexibility index (Phi) is 11.8. The number of hydrogen-bond donors (Lipinski definition) is 3. The lowest BCUT2D eigenvalue weighted by molar-refractivity contribution is -0.109. The summed E-state index contributed by atoms with van der Waals surface area (Å²) in [5, 5.41) is 10.6. The molecular formula is C31H43N5O2. The molecule has 1 aromatic heterocycles. The molecule has 1 amide bonds. The van der Waals surface area contributed by atoms with Crippen molar-refractivity contribution >= 4 is 18.1 Å². The molecule has 0 unspecified atom stereocenters. The van der Waals surface area contributed by atoms with Crippen LogP contribution in [0.4, 0.5) is 5.82 Å². The third-order valence-corrected chi connectivity index (χ3v) is 6.38. The van der Waals surface area contributed by atoms with Crippen molar-refractivity contribution < 1.29 is 9.53 Å². The monoisotopic (exact) mass is 517 g/mol. The highest BCUT2D eigenvalue weighted by Crippen LogP contribution is 2.25. The van der Waals surface area contributed by atoms with Crippen LogP contribution < -0.4 is 15.8 Å². The Bertz CT molecular complexity index is 1150. The van der Waals surface area contributed by atoms with E-state index in [2.05, 4.69) is 86.5 Å². The highest BCUT2D eigenvalue weighted by molar-refractivity contribution is 5.78. The molecule has 7 heteroatoms. The second kappa shape index (κ2) is 14.8. The SMILES string of the molecule is CC(C)(C)c1ccc(CNC=O)cc1.CCN(C)C(=N)CCCc1ccc(-c2ccc(OC)c(N)n2)cc1. The van der Waals surface area contributed by atoms with E-state index in [0.717, 1.165) is 49.0 Å². The number of ether oxygens (including phenoxy) is 1. The van der Waals surface area contributed by atoms with Gasteiger partial charge in [0.25, 0.3) is 0 Å². The van der Waals surface area contributed by atoms with Gasteiger partial charge in [-0.3, -0.25) is 10.2 Å². The zero-order valence-corrected chi connectivity index (χ0v) is 23.7. The van der Waals surface area contributed by atoms with Gasteiger partial charge in [-0.15, -0.1) is 0 Å². The number of anilines is 1. The van der Waals surface area contributed by atoms with Crippen molar-refractivity contribution in [3.8, 4) is 17.0 Å². The van der Waals surface area contributed by atoms with Crippen molar-refractivity contribution in [2.24, 2.45) is 0 Å². The Hall–Kier alpha value is -3.87. The fourth-order valence-electron chi connectivity index (χ4n) is 3.76. The highest BCUT2D eigenvalue weighted by atomic mass is 16.5. The van der Waals surface area contributed by atoms with Gasteiger partial charge in [-0.2, -0.15) is 0 Å². The van der Waals surface area contributed by atoms with E-state index < -0.39 is 0 Å². The van der Waals surface area contributed by atoms with E-state index in [0.29, 0.717) is 23.9 Å². The van der Waals surface area contributed by atoms with Crippen molar-refractivity contribution in [3.63, 3.8) is 0 Å². The van der Waals surface area contributed by atoms with E-state index in [1.54, 1.807) is 7.11 Å². The Labute approximate surface area is 227 Å². The average Bonchev–Trinajstić information content (AvgIpc) is 2.91. The number of methoxy groups -OCH3 is 1. The third-order valence-electron chi connectivity index (χ3n) is 6.38. The van der Waals surface area contributed by atoms with Gasteiger partial charge >= 0.3 is 0 Å². The summed E-state index contributed by atoms with van der Waals surface area (Å²) in [5.41, 5.74) is 11.6. The number of benzene rings is 2. The summed E-state index contributed by atoms with van der Waals surface area (Å²) in [6.45, 7) is 10.1. The number of aromatic nitrogens is 1. The maximum absolute atomic E-state index is 10.1. The molecule has 0 saturated carbocycles. The predicted octanol–water partition coefficient (Wildman–Crippen LogP) is 5.82. The van der Waals surface area contributed by atoms with Crippen molar-refractivity contribution in [1.82, 2.24) is 15.2 Å². The van der Waals surface area contributed by atoms with Crippen LogP contribution in [0.2, 0.25) is 0 Å². The first-order valence-corrected chi connectivity index (χ1v) is 13.0. The van der Waals surface area contributed by atoms with E-state index in [4.69, 9.17) is 15.9 Å². The lowest BCUT2D eigenvalue weighted by Gasteiger charge is -2.19. The van der Waals surface area contributed by atoms with Crippen LogP contribution in [0.25, 0.3) is 11.3 Å². The summed E-state index contributed by atoms with van der Waals surface area (Å²) in [6.07, 6.45) is 3.48. The maximum Gasteiger partial charge on any atom is 0.207 e. The number of hydrogen-bond acceptors (Lipinski definition) is 5. The number of pyridine rings is 1. The zero-order valence-electron chi connectivity index (χ0n) is 23.7. The van der Waals surface area contributed by atoms with Crippen molar-refractivity contribution in [2.75, 3.05) is 26.4 Å². The third kappa shape index (κ3) is 9.54. The zero-order chi connectivity index (χ0) is 28.1. The van der Waals surface area contributed by atoms with Crippen molar-refractivity contribution in [2.45, 2.75) is 58.9 Å². The summed E-state index contributed by atoms with van der Waals surface area (Å²) in [4.78, 5) is 16.4. The van der Waals surface area contributed by atoms with Gasteiger partial charge in [-0.1, -0.05) is 69.3 Å². The molecule has 0 spiro atoms. The molecule has 2 aromatic carbocycles. The smallest absolute Gasteiger partial charge is 0.207 e. The number of nitrogens with zero attached hydrogens (tertiary/aromatic N) is 2. The number of carbonyl (C=O) groups excluding carboxylic acids is 1. The van der Waals surface area contributed by atoms with Crippen molar-refractivity contribution in [3.05, 3.63) is 77.4 Å². The van der Waals surface area contributed by atoms with Crippen LogP contribution >= 0.6 is 0 Å². The second-order valence-corrected chi connectivity index (χ2v) is 10.2. The Morgan fingerprint density at radius 1 is 1.05 bits per heavy atom.